The van der Waals surface area contributed by atoms with Crippen molar-refractivity contribution < 1.29 is 42.9 Å². The molecule has 0 bridgehead atoms. The van der Waals surface area contributed by atoms with Crippen LogP contribution in [0.3, 0.4) is 0 Å². The molecular weight excluding hydrogens is 482 g/mol. The van der Waals surface area contributed by atoms with Crippen molar-refractivity contribution >= 4 is 24.1 Å². The summed E-state index contributed by atoms with van der Waals surface area (Å²) < 4.78 is 26.4. The maximum atomic E-state index is 12.6. The highest BCUT2D eigenvalue weighted by Gasteiger charge is 2.26. The molecule has 0 saturated carbocycles. The van der Waals surface area contributed by atoms with E-state index >= 15 is 0 Å². The van der Waals surface area contributed by atoms with Gasteiger partial charge < -0.3 is 29.4 Å². The van der Waals surface area contributed by atoms with Gasteiger partial charge in [0, 0.05) is 0 Å². The average Bonchev–Trinajstić information content (AvgIpc) is 2.83. The Morgan fingerprint density at radius 2 is 1.24 bits per heavy atom. The molecular formula is C27H41NO9. The summed E-state index contributed by atoms with van der Waals surface area (Å²) in [4.78, 5) is 49.0. The number of esters is 3. The zero-order valence-electron chi connectivity index (χ0n) is 23.1. The average molecular weight is 524 g/mol. The van der Waals surface area contributed by atoms with Crippen molar-refractivity contribution in [2.75, 3.05) is 0 Å². The Balaban J connectivity index is 2.95. The summed E-state index contributed by atoms with van der Waals surface area (Å²) >= 11 is 0. The van der Waals surface area contributed by atoms with E-state index in [1.54, 1.807) is 47.6 Å². The molecule has 0 spiro atoms. The minimum absolute atomic E-state index is 0.0592. The van der Waals surface area contributed by atoms with Crippen LogP contribution in [0.1, 0.15) is 73.8 Å². The van der Waals surface area contributed by atoms with Crippen LogP contribution in [0.15, 0.2) is 18.2 Å². The number of ether oxygens (including phenoxy) is 5. The van der Waals surface area contributed by atoms with Gasteiger partial charge in [-0.05, 0) is 64.7 Å². The number of hydrogen-bond acceptors (Lipinski definition) is 10. The topological polar surface area (TPSA) is 140 Å². The fourth-order valence-electron chi connectivity index (χ4n) is 2.77. The number of nitrogens with two attached hydrogens (primary N) is 1. The predicted octanol–water partition coefficient (Wildman–Crippen LogP) is 4.34. The van der Waals surface area contributed by atoms with Crippen molar-refractivity contribution in [3.63, 3.8) is 0 Å². The standard InChI is InChI=1S/C27H41NO9/c1-9-16(5)24(29)36-22-12-11-20(14-23(22)37-25(30)17(6)10-2)13-21(28)26(31)34-18(7)19(8)35-27(32)33-15(3)4/h11-12,14-19,21H,9-10,13,28H2,1-8H3/t16?,17?,18-,19-,21-/m0/s1. The van der Waals surface area contributed by atoms with E-state index in [2.05, 4.69) is 0 Å². The molecule has 5 atom stereocenters. The molecule has 1 aromatic rings. The molecule has 0 aliphatic heterocycles. The minimum Gasteiger partial charge on any atom is -0.458 e. The highest BCUT2D eigenvalue weighted by Crippen LogP contribution is 2.31. The summed E-state index contributed by atoms with van der Waals surface area (Å²) in [5, 5.41) is 0. The summed E-state index contributed by atoms with van der Waals surface area (Å²) in [6.45, 7) is 13.7. The third kappa shape index (κ3) is 10.8. The number of carbonyl (C=O) groups is 4. The van der Waals surface area contributed by atoms with E-state index in [1.165, 1.54) is 12.1 Å². The Kier molecular flexibility index (Phi) is 13.1. The molecule has 1 rings (SSSR count). The maximum absolute atomic E-state index is 12.6. The number of benzene rings is 1. The second-order valence-electron chi connectivity index (χ2n) is 9.43. The summed E-state index contributed by atoms with van der Waals surface area (Å²) in [5.41, 5.74) is 6.63. The fourth-order valence-corrected chi connectivity index (χ4v) is 2.77. The van der Waals surface area contributed by atoms with Crippen molar-refractivity contribution in [3.8, 4) is 11.5 Å². The highest BCUT2D eigenvalue weighted by molar-refractivity contribution is 5.79. The lowest BCUT2D eigenvalue weighted by molar-refractivity contribution is -0.155. The number of hydrogen-bond donors (Lipinski definition) is 1. The molecule has 0 saturated heterocycles. The van der Waals surface area contributed by atoms with Crippen LogP contribution in [0.2, 0.25) is 0 Å². The SMILES string of the molecule is CCC(C)C(=O)Oc1ccc(C[C@H](N)C(=O)O[C@@H](C)[C@H](C)OC(=O)OC(C)C)cc1OC(=O)C(C)CC. The zero-order valence-corrected chi connectivity index (χ0v) is 23.1. The Hall–Kier alpha value is -3.14. The molecule has 0 aliphatic carbocycles. The van der Waals surface area contributed by atoms with Gasteiger partial charge in [0.15, 0.2) is 11.5 Å². The summed E-state index contributed by atoms with van der Waals surface area (Å²) in [6.07, 6.45) is -1.50. The second-order valence-corrected chi connectivity index (χ2v) is 9.43. The van der Waals surface area contributed by atoms with Crippen molar-refractivity contribution in [2.24, 2.45) is 17.6 Å². The molecule has 0 aliphatic rings. The van der Waals surface area contributed by atoms with Crippen LogP contribution in [0.4, 0.5) is 4.79 Å². The molecule has 10 nitrogen and oxygen atoms in total. The quantitative estimate of drug-likeness (QED) is 0.293. The van der Waals surface area contributed by atoms with Crippen molar-refractivity contribution in [1.82, 2.24) is 0 Å². The molecule has 0 aromatic heterocycles. The Bertz CT molecular complexity index is 930. The first-order valence-electron chi connectivity index (χ1n) is 12.7. The first-order valence-corrected chi connectivity index (χ1v) is 12.7. The van der Waals surface area contributed by atoms with Gasteiger partial charge in [0.1, 0.15) is 18.2 Å². The van der Waals surface area contributed by atoms with Gasteiger partial charge in [-0.3, -0.25) is 14.4 Å². The Morgan fingerprint density at radius 1 is 0.730 bits per heavy atom. The van der Waals surface area contributed by atoms with Gasteiger partial charge in [-0.1, -0.05) is 33.8 Å². The molecule has 208 valence electrons. The van der Waals surface area contributed by atoms with E-state index < -0.39 is 42.3 Å². The highest BCUT2D eigenvalue weighted by atomic mass is 16.7. The van der Waals surface area contributed by atoms with Crippen LogP contribution in [0.5, 0.6) is 11.5 Å². The van der Waals surface area contributed by atoms with Crippen LogP contribution in [0, 0.1) is 11.8 Å². The molecule has 2 unspecified atom stereocenters. The molecule has 10 heteroatoms. The van der Waals surface area contributed by atoms with E-state index in [9.17, 15) is 19.2 Å². The Labute approximate surface area is 219 Å². The van der Waals surface area contributed by atoms with Gasteiger partial charge in [-0.15, -0.1) is 0 Å². The molecule has 37 heavy (non-hydrogen) atoms. The van der Waals surface area contributed by atoms with Gasteiger partial charge in [-0.25, -0.2) is 4.79 Å². The van der Waals surface area contributed by atoms with E-state index in [1.807, 2.05) is 13.8 Å². The largest absolute Gasteiger partial charge is 0.508 e. The normalized spacial score (nSPS) is 15.1. The lowest BCUT2D eigenvalue weighted by Crippen LogP contribution is -2.39. The van der Waals surface area contributed by atoms with E-state index in [-0.39, 0.29) is 35.9 Å². The van der Waals surface area contributed by atoms with E-state index in [4.69, 9.17) is 29.4 Å². The molecule has 0 radical (unpaired) electrons. The second kappa shape index (κ2) is 15.2. The third-order valence-corrected chi connectivity index (χ3v) is 5.79. The number of carbonyl (C=O) groups excluding carboxylic acids is 4. The van der Waals surface area contributed by atoms with Gasteiger partial charge in [0.2, 0.25) is 0 Å². The lowest BCUT2D eigenvalue weighted by atomic mass is 10.1. The zero-order chi connectivity index (χ0) is 28.3. The van der Waals surface area contributed by atoms with Crippen LogP contribution < -0.4 is 15.2 Å². The predicted molar refractivity (Wildman–Crippen MR) is 136 cm³/mol. The van der Waals surface area contributed by atoms with E-state index in [0.717, 1.165) is 0 Å². The van der Waals surface area contributed by atoms with Gasteiger partial charge in [0.05, 0.1) is 17.9 Å². The fraction of sp³-hybridized carbons (Fsp3) is 0.630. The first kappa shape index (κ1) is 31.9. The Morgan fingerprint density at radius 3 is 1.76 bits per heavy atom. The van der Waals surface area contributed by atoms with Crippen LogP contribution >= 0.6 is 0 Å². The lowest BCUT2D eigenvalue weighted by Gasteiger charge is -2.22. The van der Waals surface area contributed by atoms with Gasteiger partial charge in [-0.2, -0.15) is 0 Å². The van der Waals surface area contributed by atoms with Gasteiger partial charge >= 0.3 is 24.1 Å². The third-order valence-electron chi connectivity index (χ3n) is 5.79. The molecule has 0 fully saturated rings. The van der Waals surface area contributed by atoms with E-state index in [0.29, 0.717) is 18.4 Å². The summed E-state index contributed by atoms with van der Waals surface area (Å²) in [6, 6.07) is 3.60. The van der Waals surface area contributed by atoms with Crippen LogP contribution in [-0.2, 0) is 35.0 Å². The monoisotopic (exact) mass is 523 g/mol. The van der Waals surface area contributed by atoms with Crippen molar-refractivity contribution in [2.45, 2.75) is 99.0 Å². The molecule has 2 N–H and O–H groups in total. The summed E-state index contributed by atoms with van der Waals surface area (Å²) in [5.74, 6) is -2.13. The molecule has 0 heterocycles. The molecule has 1 aromatic carbocycles. The van der Waals surface area contributed by atoms with Crippen LogP contribution in [0.25, 0.3) is 0 Å². The van der Waals surface area contributed by atoms with Gasteiger partial charge in [0.25, 0.3) is 0 Å². The first-order chi connectivity index (χ1) is 17.3. The number of rotatable bonds is 13. The van der Waals surface area contributed by atoms with Crippen molar-refractivity contribution in [1.29, 1.82) is 0 Å². The summed E-state index contributed by atoms with van der Waals surface area (Å²) in [7, 11) is 0. The smallest absolute Gasteiger partial charge is 0.458 e. The minimum atomic E-state index is -1.05. The molecule has 0 amide bonds. The van der Waals surface area contributed by atoms with Crippen LogP contribution in [-0.4, -0.2) is 48.4 Å². The van der Waals surface area contributed by atoms with Crippen molar-refractivity contribution in [3.05, 3.63) is 23.8 Å². The maximum Gasteiger partial charge on any atom is 0.508 e.